The first kappa shape index (κ1) is 19.6. The lowest BCUT2D eigenvalue weighted by Gasteiger charge is -2.07. The van der Waals surface area contributed by atoms with Crippen LogP contribution in [0.15, 0.2) is 71.9 Å². The molecule has 0 amide bonds. The summed E-state index contributed by atoms with van der Waals surface area (Å²) in [7, 11) is -3.74. The van der Waals surface area contributed by atoms with Gasteiger partial charge in [-0.3, -0.25) is 4.68 Å². The van der Waals surface area contributed by atoms with Gasteiger partial charge in [0, 0.05) is 6.20 Å². The van der Waals surface area contributed by atoms with Gasteiger partial charge in [-0.05, 0) is 29.8 Å². The average Bonchev–Trinajstić information content (AvgIpc) is 3.14. The summed E-state index contributed by atoms with van der Waals surface area (Å²) in [5.41, 5.74) is 1.43. The third kappa shape index (κ3) is 5.41. The van der Waals surface area contributed by atoms with Crippen LogP contribution in [0.25, 0.3) is 0 Å². The number of rotatable bonds is 8. The monoisotopic (exact) mass is 401 g/mol. The van der Waals surface area contributed by atoms with Crippen molar-refractivity contribution >= 4 is 16.0 Å². The molecule has 0 bridgehead atoms. The maximum Gasteiger partial charge on any atom is 0.341 e. The summed E-state index contributed by atoms with van der Waals surface area (Å²) >= 11 is 0. The number of carbonyl (C=O) groups is 1. The van der Waals surface area contributed by atoms with Crippen molar-refractivity contribution in [1.29, 1.82) is 0 Å². The molecule has 0 saturated heterocycles. The van der Waals surface area contributed by atoms with Crippen molar-refractivity contribution in [2.24, 2.45) is 5.14 Å². The minimum atomic E-state index is -3.74. The molecule has 0 spiro atoms. The molecule has 0 aliphatic carbocycles. The van der Waals surface area contributed by atoms with Crippen LogP contribution in [0.2, 0.25) is 0 Å². The van der Waals surface area contributed by atoms with E-state index in [4.69, 9.17) is 14.6 Å². The summed E-state index contributed by atoms with van der Waals surface area (Å²) < 4.78 is 34.6. The number of benzene rings is 2. The van der Waals surface area contributed by atoms with Crippen LogP contribution in [0.3, 0.4) is 0 Å². The van der Waals surface area contributed by atoms with Crippen molar-refractivity contribution in [1.82, 2.24) is 9.78 Å². The number of primary sulfonamides is 1. The van der Waals surface area contributed by atoms with E-state index in [9.17, 15) is 13.2 Å². The molecule has 3 aromatic rings. The molecule has 28 heavy (non-hydrogen) atoms. The van der Waals surface area contributed by atoms with Crippen LogP contribution in [0.5, 0.6) is 5.75 Å². The first-order valence-corrected chi connectivity index (χ1v) is 9.95. The Labute approximate surface area is 162 Å². The van der Waals surface area contributed by atoms with Crippen molar-refractivity contribution in [3.8, 4) is 5.75 Å². The second kappa shape index (κ2) is 8.68. The maximum absolute atomic E-state index is 12.1. The van der Waals surface area contributed by atoms with Gasteiger partial charge in [-0.2, -0.15) is 5.10 Å². The molecule has 0 saturated carbocycles. The molecule has 146 valence electrons. The number of esters is 1. The summed E-state index contributed by atoms with van der Waals surface area (Å²) in [6.45, 7) is 0.726. The fourth-order valence-electron chi connectivity index (χ4n) is 2.43. The first-order chi connectivity index (χ1) is 13.4. The van der Waals surface area contributed by atoms with E-state index < -0.39 is 16.0 Å². The Morgan fingerprint density at radius 2 is 1.75 bits per heavy atom. The lowest BCUT2D eigenvalue weighted by atomic mass is 10.2. The van der Waals surface area contributed by atoms with Crippen molar-refractivity contribution in [3.05, 3.63) is 78.1 Å². The Balaban J connectivity index is 1.44. The summed E-state index contributed by atoms with van der Waals surface area (Å²) in [4.78, 5) is 12.1. The quantitative estimate of drug-likeness (QED) is 0.455. The summed E-state index contributed by atoms with van der Waals surface area (Å²) in [5, 5.41) is 9.19. The van der Waals surface area contributed by atoms with Crippen LogP contribution in [0.1, 0.15) is 15.9 Å². The lowest BCUT2D eigenvalue weighted by Crippen LogP contribution is -2.13. The van der Waals surface area contributed by atoms with E-state index in [1.807, 2.05) is 30.3 Å². The highest BCUT2D eigenvalue weighted by Crippen LogP contribution is 2.14. The van der Waals surface area contributed by atoms with Gasteiger partial charge < -0.3 is 9.47 Å². The molecule has 0 atom stereocenters. The number of nitrogens with zero attached hydrogens (tertiary/aromatic N) is 2. The largest absolute Gasteiger partial charge is 0.490 e. The van der Waals surface area contributed by atoms with Crippen LogP contribution >= 0.6 is 0 Å². The van der Waals surface area contributed by atoms with Gasteiger partial charge in [0.25, 0.3) is 0 Å². The van der Waals surface area contributed by atoms with Gasteiger partial charge in [-0.25, -0.2) is 18.4 Å². The summed E-state index contributed by atoms with van der Waals surface area (Å²) in [5.74, 6) is -0.0494. The zero-order valence-corrected chi connectivity index (χ0v) is 15.7. The summed E-state index contributed by atoms with van der Waals surface area (Å²) in [6.07, 6.45) is 3.08. The molecule has 9 heteroatoms. The highest BCUT2D eigenvalue weighted by molar-refractivity contribution is 7.89. The van der Waals surface area contributed by atoms with Gasteiger partial charge in [0.1, 0.15) is 19.0 Å². The molecule has 2 aromatic carbocycles. The van der Waals surface area contributed by atoms with Gasteiger partial charge in [0.15, 0.2) is 0 Å². The third-order valence-electron chi connectivity index (χ3n) is 3.79. The van der Waals surface area contributed by atoms with Crippen LogP contribution in [0, 0.1) is 0 Å². The molecular weight excluding hydrogens is 382 g/mol. The van der Waals surface area contributed by atoms with E-state index in [0.717, 1.165) is 5.56 Å². The topological polar surface area (TPSA) is 114 Å². The average molecular weight is 401 g/mol. The van der Waals surface area contributed by atoms with Crippen LogP contribution < -0.4 is 9.88 Å². The normalized spacial score (nSPS) is 11.2. The van der Waals surface area contributed by atoms with Gasteiger partial charge >= 0.3 is 5.97 Å². The van der Waals surface area contributed by atoms with Crippen molar-refractivity contribution in [2.75, 3.05) is 13.2 Å². The standard InChI is InChI=1S/C19H19N3O5S/c20-28(24,25)18-8-6-17(7-9-18)26-10-11-27-19(23)16-12-21-22(14-16)13-15-4-2-1-3-5-15/h1-9,12,14H,10-11,13H2,(H2,20,24,25). The second-order valence-corrected chi connectivity index (χ2v) is 7.47. The Hall–Kier alpha value is -3.17. The molecule has 0 radical (unpaired) electrons. The van der Waals surface area contributed by atoms with Crippen molar-refractivity contribution in [3.63, 3.8) is 0 Å². The second-order valence-electron chi connectivity index (χ2n) is 5.91. The molecule has 0 fully saturated rings. The van der Waals surface area contributed by atoms with Crippen molar-refractivity contribution < 1.29 is 22.7 Å². The smallest absolute Gasteiger partial charge is 0.341 e. The van der Waals surface area contributed by atoms with Crippen molar-refractivity contribution in [2.45, 2.75) is 11.4 Å². The number of aromatic nitrogens is 2. The molecule has 1 aromatic heterocycles. The third-order valence-corrected chi connectivity index (χ3v) is 4.72. The van der Waals surface area contributed by atoms with E-state index in [2.05, 4.69) is 5.10 Å². The predicted octanol–water partition coefficient (Wildman–Crippen LogP) is 1.81. The number of sulfonamides is 1. The molecule has 3 rings (SSSR count). The Bertz CT molecular complexity index is 1030. The molecule has 0 aliphatic heterocycles. The maximum atomic E-state index is 12.1. The predicted molar refractivity (Wildman–Crippen MR) is 101 cm³/mol. The fourth-order valence-corrected chi connectivity index (χ4v) is 2.94. The highest BCUT2D eigenvalue weighted by Gasteiger charge is 2.11. The number of ether oxygens (including phenoxy) is 2. The van der Waals surface area contributed by atoms with Crippen LogP contribution in [0.4, 0.5) is 0 Å². The van der Waals surface area contributed by atoms with Gasteiger partial charge in [-0.15, -0.1) is 0 Å². The van der Waals surface area contributed by atoms with Crippen LogP contribution in [-0.2, 0) is 21.3 Å². The summed E-state index contributed by atoms with van der Waals surface area (Å²) in [6, 6.07) is 15.4. The van der Waals surface area contributed by atoms with Gasteiger partial charge in [0.2, 0.25) is 10.0 Å². The zero-order valence-electron chi connectivity index (χ0n) is 14.9. The number of nitrogens with two attached hydrogens (primary N) is 1. The number of hydrogen-bond donors (Lipinski definition) is 1. The Kier molecular flexibility index (Phi) is 6.07. The first-order valence-electron chi connectivity index (χ1n) is 8.41. The number of hydrogen-bond acceptors (Lipinski definition) is 6. The van der Waals surface area contributed by atoms with E-state index in [-0.39, 0.29) is 18.1 Å². The SMILES string of the molecule is NS(=O)(=O)c1ccc(OCCOC(=O)c2cnn(Cc3ccccc3)c2)cc1. The molecule has 2 N–H and O–H groups in total. The minimum Gasteiger partial charge on any atom is -0.490 e. The highest BCUT2D eigenvalue weighted by atomic mass is 32.2. The molecule has 0 aliphatic rings. The lowest BCUT2D eigenvalue weighted by molar-refractivity contribution is 0.0450. The zero-order chi connectivity index (χ0) is 20.0. The molecular formula is C19H19N3O5S. The van der Waals surface area contributed by atoms with Gasteiger partial charge in [-0.1, -0.05) is 30.3 Å². The Morgan fingerprint density at radius 3 is 2.43 bits per heavy atom. The van der Waals surface area contributed by atoms with E-state index >= 15 is 0 Å². The molecule has 1 heterocycles. The Morgan fingerprint density at radius 1 is 1.04 bits per heavy atom. The molecule has 8 nitrogen and oxygen atoms in total. The molecule has 0 unspecified atom stereocenters. The number of carbonyl (C=O) groups excluding carboxylic acids is 1. The van der Waals surface area contributed by atoms with Crippen LogP contribution in [-0.4, -0.2) is 37.4 Å². The van der Waals surface area contributed by atoms with Gasteiger partial charge in [0.05, 0.1) is 23.2 Å². The van der Waals surface area contributed by atoms with E-state index in [0.29, 0.717) is 17.9 Å². The fraction of sp³-hybridized carbons (Fsp3) is 0.158. The minimum absolute atomic E-state index is 0.00112. The van der Waals surface area contributed by atoms with E-state index in [1.165, 1.54) is 30.5 Å². The van der Waals surface area contributed by atoms with E-state index in [1.54, 1.807) is 10.9 Å².